The molecule has 3 rings (SSSR count). The van der Waals surface area contributed by atoms with Crippen LogP contribution in [0.1, 0.15) is 11.1 Å². The Balaban J connectivity index is 1.92. The Kier molecular flexibility index (Phi) is 3.49. The standard InChI is InChI=1S/C16H13ClN2O/c17-15-9-14(6-5-12(15)10-18)19-7-8-20-16-4-2-1-3-13(16)11-19/h1-6,9H,7-8,11H2. The van der Waals surface area contributed by atoms with Gasteiger partial charge in [0, 0.05) is 17.8 Å². The van der Waals surface area contributed by atoms with Crippen LogP contribution in [0.5, 0.6) is 5.75 Å². The van der Waals surface area contributed by atoms with E-state index in [1.807, 2.05) is 30.3 Å². The van der Waals surface area contributed by atoms with Crippen LogP contribution in [0.15, 0.2) is 42.5 Å². The largest absolute Gasteiger partial charge is 0.491 e. The minimum Gasteiger partial charge on any atom is -0.491 e. The molecule has 0 fully saturated rings. The third-order valence-electron chi connectivity index (χ3n) is 3.39. The van der Waals surface area contributed by atoms with Gasteiger partial charge in [-0.1, -0.05) is 29.8 Å². The van der Waals surface area contributed by atoms with Gasteiger partial charge in [-0.25, -0.2) is 0 Å². The smallest absolute Gasteiger partial charge is 0.124 e. The third-order valence-corrected chi connectivity index (χ3v) is 3.70. The van der Waals surface area contributed by atoms with Crippen LogP contribution in [0.2, 0.25) is 5.02 Å². The van der Waals surface area contributed by atoms with Crippen molar-refractivity contribution in [3.05, 3.63) is 58.6 Å². The molecule has 20 heavy (non-hydrogen) atoms. The molecular formula is C16H13ClN2O. The van der Waals surface area contributed by atoms with Crippen molar-refractivity contribution < 1.29 is 4.74 Å². The molecule has 0 amide bonds. The highest BCUT2D eigenvalue weighted by atomic mass is 35.5. The molecule has 0 unspecified atom stereocenters. The van der Waals surface area contributed by atoms with Crippen molar-refractivity contribution >= 4 is 17.3 Å². The predicted molar refractivity (Wildman–Crippen MR) is 79.2 cm³/mol. The number of ether oxygens (including phenoxy) is 1. The molecule has 1 aliphatic rings. The van der Waals surface area contributed by atoms with E-state index in [1.54, 1.807) is 6.07 Å². The molecule has 0 bridgehead atoms. The average Bonchev–Trinajstić information content (AvgIpc) is 2.69. The summed E-state index contributed by atoms with van der Waals surface area (Å²) in [5.41, 5.74) is 2.67. The molecule has 0 aliphatic carbocycles. The molecule has 100 valence electrons. The Bertz CT molecular complexity index is 678. The minimum absolute atomic E-state index is 0.489. The van der Waals surface area contributed by atoms with E-state index in [0.717, 1.165) is 30.1 Å². The van der Waals surface area contributed by atoms with Crippen LogP contribution >= 0.6 is 11.6 Å². The summed E-state index contributed by atoms with van der Waals surface area (Å²) in [6.45, 7) is 2.20. The molecule has 1 aliphatic heterocycles. The van der Waals surface area contributed by atoms with Crippen molar-refractivity contribution in [2.24, 2.45) is 0 Å². The lowest BCUT2D eigenvalue weighted by molar-refractivity contribution is 0.331. The van der Waals surface area contributed by atoms with E-state index in [2.05, 4.69) is 17.0 Å². The second-order valence-electron chi connectivity index (χ2n) is 4.65. The molecule has 0 saturated carbocycles. The highest BCUT2D eigenvalue weighted by Gasteiger charge is 2.16. The molecule has 0 saturated heterocycles. The van der Waals surface area contributed by atoms with Gasteiger partial charge in [0.1, 0.15) is 18.4 Å². The van der Waals surface area contributed by atoms with Crippen LogP contribution in [-0.2, 0) is 6.54 Å². The van der Waals surface area contributed by atoms with Crippen LogP contribution in [0.25, 0.3) is 0 Å². The summed E-state index contributed by atoms with van der Waals surface area (Å²) in [5.74, 6) is 0.940. The molecule has 1 heterocycles. The van der Waals surface area contributed by atoms with E-state index in [1.165, 1.54) is 0 Å². The van der Waals surface area contributed by atoms with E-state index in [0.29, 0.717) is 17.2 Å². The Morgan fingerprint density at radius 3 is 2.85 bits per heavy atom. The van der Waals surface area contributed by atoms with E-state index in [-0.39, 0.29) is 0 Å². The van der Waals surface area contributed by atoms with Crippen LogP contribution in [-0.4, -0.2) is 13.2 Å². The third kappa shape index (κ3) is 2.43. The van der Waals surface area contributed by atoms with Crippen molar-refractivity contribution in [1.82, 2.24) is 0 Å². The predicted octanol–water partition coefficient (Wildman–Crippen LogP) is 3.61. The van der Waals surface area contributed by atoms with Gasteiger partial charge in [-0.05, 0) is 24.3 Å². The Morgan fingerprint density at radius 1 is 1.20 bits per heavy atom. The van der Waals surface area contributed by atoms with Crippen LogP contribution < -0.4 is 9.64 Å². The molecule has 0 aromatic heterocycles. The molecule has 4 heteroatoms. The average molecular weight is 285 g/mol. The maximum absolute atomic E-state index is 8.93. The summed E-state index contributed by atoms with van der Waals surface area (Å²) in [7, 11) is 0. The zero-order valence-electron chi connectivity index (χ0n) is 10.8. The lowest BCUT2D eigenvalue weighted by Crippen LogP contribution is -2.25. The number of fused-ring (bicyclic) bond motifs is 1. The SMILES string of the molecule is N#Cc1ccc(N2CCOc3ccccc3C2)cc1Cl. The van der Waals surface area contributed by atoms with Crippen molar-refractivity contribution in [2.75, 3.05) is 18.1 Å². The number of halogens is 1. The van der Waals surface area contributed by atoms with Gasteiger partial charge in [0.25, 0.3) is 0 Å². The molecule has 0 N–H and O–H groups in total. The van der Waals surface area contributed by atoms with Gasteiger partial charge in [-0.15, -0.1) is 0 Å². The number of anilines is 1. The summed E-state index contributed by atoms with van der Waals surface area (Å²) >= 11 is 6.11. The van der Waals surface area contributed by atoms with Gasteiger partial charge < -0.3 is 9.64 Å². The van der Waals surface area contributed by atoms with Gasteiger partial charge in [0.05, 0.1) is 17.1 Å². The molecule has 0 atom stereocenters. The zero-order valence-corrected chi connectivity index (χ0v) is 11.6. The highest BCUT2D eigenvalue weighted by molar-refractivity contribution is 6.32. The fraction of sp³-hybridized carbons (Fsp3) is 0.188. The number of hydrogen-bond donors (Lipinski definition) is 0. The van der Waals surface area contributed by atoms with Gasteiger partial charge >= 0.3 is 0 Å². The lowest BCUT2D eigenvalue weighted by atomic mass is 10.1. The first-order valence-electron chi connectivity index (χ1n) is 6.43. The first-order chi connectivity index (χ1) is 9.78. The monoisotopic (exact) mass is 284 g/mol. The first kappa shape index (κ1) is 12.8. The Hall–Kier alpha value is -2.18. The van der Waals surface area contributed by atoms with Gasteiger partial charge in [0.15, 0.2) is 0 Å². The van der Waals surface area contributed by atoms with Crippen molar-refractivity contribution in [2.45, 2.75) is 6.54 Å². The van der Waals surface area contributed by atoms with Crippen LogP contribution in [0, 0.1) is 11.3 Å². The second kappa shape index (κ2) is 5.44. The van der Waals surface area contributed by atoms with Gasteiger partial charge in [0.2, 0.25) is 0 Å². The Morgan fingerprint density at radius 2 is 2.05 bits per heavy atom. The maximum Gasteiger partial charge on any atom is 0.124 e. The van der Waals surface area contributed by atoms with Gasteiger partial charge in [-0.2, -0.15) is 5.26 Å². The number of para-hydroxylation sites is 1. The number of rotatable bonds is 1. The molecular weight excluding hydrogens is 272 g/mol. The highest BCUT2D eigenvalue weighted by Crippen LogP contribution is 2.28. The molecule has 0 radical (unpaired) electrons. The number of benzene rings is 2. The normalized spacial score (nSPS) is 13.9. The van der Waals surface area contributed by atoms with E-state index in [9.17, 15) is 0 Å². The first-order valence-corrected chi connectivity index (χ1v) is 6.81. The molecule has 2 aromatic rings. The summed E-state index contributed by atoms with van der Waals surface area (Å²) < 4.78 is 5.75. The van der Waals surface area contributed by atoms with Crippen molar-refractivity contribution in [3.63, 3.8) is 0 Å². The summed E-state index contributed by atoms with van der Waals surface area (Å²) in [5, 5.41) is 9.42. The fourth-order valence-electron chi connectivity index (χ4n) is 2.34. The number of hydrogen-bond acceptors (Lipinski definition) is 3. The van der Waals surface area contributed by atoms with Crippen molar-refractivity contribution in [1.29, 1.82) is 5.26 Å². The van der Waals surface area contributed by atoms with Crippen molar-refractivity contribution in [3.8, 4) is 11.8 Å². The second-order valence-corrected chi connectivity index (χ2v) is 5.06. The van der Waals surface area contributed by atoms with E-state index >= 15 is 0 Å². The molecule has 3 nitrogen and oxygen atoms in total. The van der Waals surface area contributed by atoms with E-state index < -0.39 is 0 Å². The summed E-state index contributed by atoms with van der Waals surface area (Å²) in [4.78, 5) is 2.21. The molecule has 2 aromatic carbocycles. The number of nitriles is 1. The minimum atomic E-state index is 0.489. The van der Waals surface area contributed by atoms with Gasteiger partial charge in [-0.3, -0.25) is 0 Å². The topological polar surface area (TPSA) is 36.3 Å². The van der Waals surface area contributed by atoms with E-state index in [4.69, 9.17) is 21.6 Å². The fourth-order valence-corrected chi connectivity index (χ4v) is 2.55. The summed E-state index contributed by atoms with van der Waals surface area (Å²) in [6, 6.07) is 15.7. The van der Waals surface area contributed by atoms with Crippen LogP contribution in [0.4, 0.5) is 5.69 Å². The lowest BCUT2D eigenvalue weighted by Gasteiger charge is -2.22. The van der Waals surface area contributed by atoms with Crippen LogP contribution in [0.3, 0.4) is 0 Å². The Labute approximate surface area is 123 Å². The maximum atomic E-state index is 8.93. The molecule has 0 spiro atoms. The quantitative estimate of drug-likeness (QED) is 0.802. The number of nitrogens with zero attached hydrogens (tertiary/aromatic N) is 2. The summed E-state index contributed by atoms with van der Waals surface area (Å²) in [6.07, 6.45) is 0. The zero-order chi connectivity index (χ0) is 13.9.